The van der Waals surface area contributed by atoms with Crippen molar-refractivity contribution in [3.05, 3.63) is 45.0 Å². The van der Waals surface area contributed by atoms with Crippen LogP contribution in [-0.4, -0.2) is 17.9 Å². The van der Waals surface area contributed by atoms with Crippen molar-refractivity contribution in [2.45, 2.75) is 46.6 Å². The van der Waals surface area contributed by atoms with Crippen LogP contribution in [0.1, 0.15) is 35.8 Å². The number of aryl methyl sites for hydroxylation is 3. The first-order chi connectivity index (χ1) is 12.7. The summed E-state index contributed by atoms with van der Waals surface area (Å²) in [5, 5.41) is 14.7. The second-order valence-electron chi connectivity index (χ2n) is 6.73. The number of benzene rings is 1. The fourth-order valence-corrected chi connectivity index (χ4v) is 3.13. The summed E-state index contributed by atoms with van der Waals surface area (Å²) in [5.74, 6) is -1.03. The summed E-state index contributed by atoms with van der Waals surface area (Å²) in [7, 11) is 0. The lowest BCUT2D eigenvalue weighted by Gasteiger charge is -2.14. The Hall–Kier alpha value is -3.09. The highest BCUT2D eigenvalue weighted by atomic mass is 16.4. The zero-order valence-corrected chi connectivity index (χ0v) is 15.6. The molecule has 0 unspecified atom stereocenters. The minimum absolute atomic E-state index is 0.0270. The summed E-state index contributed by atoms with van der Waals surface area (Å²) in [4.78, 5) is 35.0. The molecular formula is C20H20NO6-. The van der Waals surface area contributed by atoms with Crippen molar-refractivity contribution >= 4 is 33.8 Å². The van der Waals surface area contributed by atoms with Crippen molar-refractivity contribution in [3.8, 4) is 0 Å². The van der Waals surface area contributed by atoms with Crippen molar-refractivity contribution in [2.24, 2.45) is 0 Å². The average Bonchev–Trinajstić information content (AvgIpc) is 2.86. The normalized spacial score (nSPS) is 12.4. The molecule has 1 atom stereocenters. The number of carbonyl (C=O) groups is 2. The van der Waals surface area contributed by atoms with Gasteiger partial charge in [0.15, 0.2) is 0 Å². The first-order valence-electron chi connectivity index (χ1n) is 8.65. The van der Waals surface area contributed by atoms with Gasteiger partial charge in [-0.1, -0.05) is 0 Å². The fraction of sp³-hybridized carbons (Fsp3) is 0.350. The van der Waals surface area contributed by atoms with Crippen LogP contribution in [-0.2, 0) is 16.0 Å². The van der Waals surface area contributed by atoms with Gasteiger partial charge in [0.1, 0.15) is 16.9 Å². The molecule has 3 rings (SSSR count). The molecule has 0 radical (unpaired) electrons. The molecule has 1 amide bonds. The molecule has 7 nitrogen and oxygen atoms in total. The Kier molecular flexibility index (Phi) is 4.78. The van der Waals surface area contributed by atoms with Gasteiger partial charge in [0.25, 0.3) is 0 Å². The van der Waals surface area contributed by atoms with E-state index in [2.05, 4.69) is 5.32 Å². The Labute approximate surface area is 155 Å². The molecule has 0 fully saturated rings. The second-order valence-corrected chi connectivity index (χ2v) is 6.73. The molecule has 0 aliphatic heterocycles. The SMILES string of the molecule is Cc1oc2cc3oc(=O)c(CCC(=O)N[C@@H](C)C(=O)[O-])c(C)c3cc2c1C. The number of hydrogen-bond acceptors (Lipinski definition) is 6. The number of furan rings is 1. The van der Waals surface area contributed by atoms with Gasteiger partial charge in [-0.2, -0.15) is 0 Å². The zero-order valence-electron chi connectivity index (χ0n) is 15.6. The van der Waals surface area contributed by atoms with Gasteiger partial charge in [-0.05, 0) is 51.3 Å². The summed E-state index contributed by atoms with van der Waals surface area (Å²) >= 11 is 0. The van der Waals surface area contributed by atoms with Gasteiger partial charge in [-0.25, -0.2) is 4.79 Å². The molecule has 0 bridgehead atoms. The van der Waals surface area contributed by atoms with E-state index >= 15 is 0 Å². The highest BCUT2D eigenvalue weighted by molar-refractivity contribution is 5.96. The van der Waals surface area contributed by atoms with Crippen LogP contribution >= 0.6 is 0 Å². The van der Waals surface area contributed by atoms with Crippen LogP contribution < -0.4 is 16.0 Å². The van der Waals surface area contributed by atoms with Gasteiger partial charge in [0.05, 0.1) is 12.0 Å². The average molecular weight is 370 g/mol. The van der Waals surface area contributed by atoms with E-state index in [9.17, 15) is 19.5 Å². The van der Waals surface area contributed by atoms with E-state index < -0.39 is 23.5 Å². The second kappa shape index (κ2) is 6.90. The molecule has 0 spiro atoms. The molecule has 2 heterocycles. The first-order valence-corrected chi connectivity index (χ1v) is 8.65. The maximum Gasteiger partial charge on any atom is 0.339 e. The number of carbonyl (C=O) groups excluding carboxylic acids is 2. The lowest BCUT2D eigenvalue weighted by Crippen LogP contribution is -2.46. The summed E-state index contributed by atoms with van der Waals surface area (Å²) in [6.07, 6.45) is 0.123. The van der Waals surface area contributed by atoms with E-state index in [1.54, 1.807) is 6.07 Å². The highest BCUT2D eigenvalue weighted by Gasteiger charge is 2.17. The van der Waals surface area contributed by atoms with E-state index in [4.69, 9.17) is 8.83 Å². The number of amides is 1. The summed E-state index contributed by atoms with van der Waals surface area (Å²) in [6.45, 7) is 6.97. The maximum absolute atomic E-state index is 12.4. The monoisotopic (exact) mass is 370 g/mol. The van der Waals surface area contributed by atoms with E-state index in [1.165, 1.54) is 6.92 Å². The Morgan fingerprint density at radius 3 is 2.37 bits per heavy atom. The molecule has 0 aliphatic carbocycles. The van der Waals surface area contributed by atoms with E-state index in [0.717, 1.165) is 27.7 Å². The fourth-order valence-electron chi connectivity index (χ4n) is 3.13. The van der Waals surface area contributed by atoms with Crippen LogP contribution in [0.4, 0.5) is 0 Å². The molecule has 1 N–H and O–H groups in total. The lowest BCUT2D eigenvalue weighted by atomic mass is 10.0. The smallest absolute Gasteiger partial charge is 0.339 e. The first kappa shape index (κ1) is 18.7. The molecule has 0 saturated heterocycles. The van der Waals surface area contributed by atoms with E-state index in [-0.39, 0.29) is 12.8 Å². The van der Waals surface area contributed by atoms with Crippen LogP contribution in [0, 0.1) is 20.8 Å². The van der Waals surface area contributed by atoms with Crippen molar-refractivity contribution in [3.63, 3.8) is 0 Å². The number of carboxylic acids is 1. The third-order valence-electron chi connectivity index (χ3n) is 4.92. The minimum atomic E-state index is -1.36. The zero-order chi connectivity index (χ0) is 19.9. The van der Waals surface area contributed by atoms with Crippen LogP contribution in [0.15, 0.2) is 25.8 Å². The quantitative estimate of drug-likeness (QED) is 0.684. The predicted molar refractivity (Wildman–Crippen MR) is 97.4 cm³/mol. The molecule has 2 aromatic heterocycles. The Bertz CT molecular complexity index is 1120. The van der Waals surface area contributed by atoms with Crippen molar-refractivity contribution in [1.29, 1.82) is 0 Å². The standard InChI is InChI=1S/C20H21NO6/c1-9-12(4)26-16-8-17-15(7-14(9)16)10(2)13(20(25)27-17)5-6-18(22)21-11(3)19(23)24/h7-8,11H,5-6H2,1-4H3,(H,21,22)(H,23,24)/p-1/t11-/m0/s1. The van der Waals surface area contributed by atoms with Gasteiger partial charge < -0.3 is 24.1 Å². The molecule has 1 aromatic carbocycles. The van der Waals surface area contributed by atoms with Crippen LogP contribution in [0.3, 0.4) is 0 Å². The number of aliphatic carboxylic acids is 1. The maximum atomic E-state index is 12.4. The van der Waals surface area contributed by atoms with E-state index in [1.807, 2.05) is 26.8 Å². The number of hydrogen-bond donors (Lipinski definition) is 1. The van der Waals surface area contributed by atoms with Gasteiger partial charge >= 0.3 is 5.63 Å². The lowest BCUT2D eigenvalue weighted by molar-refractivity contribution is -0.307. The van der Waals surface area contributed by atoms with Crippen LogP contribution in [0.25, 0.3) is 21.9 Å². The van der Waals surface area contributed by atoms with Crippen molar-refractivity contribution in [2.75, 3.05) is 0 Å². The molecule has 142 valence electrons. The molecule has 3 aromatic rings. The number of fused-ring (bicyclic) bond motifs is 2. The predicted octanol–water partition coefficient (Wildman–Crippen LogP) is 1.65. The Balaban J connectivity index is 1.95. The molecule has 0 aliphatic rings. The number of carboxylic acid groups (broad SMARTS) is 1. The van der Waals surface area contributed by atoms with Gasteiger partial charge in [0.2, 0.25) is 5.91 Å². The van der Waals surface area contributed by atoms with Crippen LogP contribution in [0.2, 0.25) is 0 Å². The Morgan fingerprint density at radius 2 is 1.70 bits per heavy atom. The third kappa shape index (κ3) is 3.45. The molecular weight excluding hydrogens is 350 g/mol. The van der Waals surface area contributed by atoms with Crippen molar-refractivity contribution in [1.82, 2.24) is 5.32 Å². The van der Waals surface area contributed by atoms with Crippen molar-refractivity contribution < 1.29 is 23.5 Å². The summed E-state index contributed by atoms with van der Waals surface area (Å²) in [5.41, 5.74) is 2.73. The van der Waals surface area contributed by atoms with E-state index in [0.29, 0.717) is 16.7 Å². The largest absolute Gasteiger partial charge is 0.548 e. The van der Waals surface area contributed by atoms with Gasteiger partial charge in [-0.15, -0.1) is 0 Å². The van der Waals surface area contributed by atoms with Gasteiger partial charge in [0, 0.05) is 28.8 Å². The molecule has 7 heteroatoms. The molecule has 27 heavy (non-hydrogen) atoms. The van der Waals surface area contributed by atoms with Gasteiger partial charge in [-0.3, -0.25) is 4.79 Å². The Morgan fingerprint density at radius 1 is 1.07 bits per heavy atom. The number of nitrogens with one attached hydrogen (secondary N) is 1. The third-order valence-corrected chi connectivity index (χ3v) is 4.92. The summed E-state index contributed by atoms with van der Waals surface area (Å²) in [6, 6.07) is 2.54. The number of rotatable bonds is 5. The minimum Gasteiger partial charge on any atom is -0.548 e. The molecule has 0 saturated carbocycles. The topological polar surface area (TPSA) is 113 Å². The summed E-state index contributed by atoms with van der Waals surface area (Å²) < 4.78 is 11.1. The van der Waals surface area contributed by atoms with Crippen LogP contribution in [0.5, 0.6) is 0 Å². The highest BCUT2D eigenvalue weighted by Crippen LogP contribution is 2.31.